The van der Waals surface area contributed by atoms with Gasteiger partial charge in [-0.25, -0.2) is 13.2 Å². The summed E-state index contributed by atoms with van der Waals surface area (Å²) in [5, 5.41) is 9.67. The van der Waals surface area contributed by atoms with Gasteiger partial charge in [-0.2, -0.15) is 9.57 Å². The minimum absolute atomic E-state index is 0.0471. The minimum Gasteiger partial charge on any atom is -0.497 e. The van der Waals surface area contributed by atoms with Crippen LogP contribution in [-0.4, -0.2) is 64.0 Å². The van der Waals surface area contributed by atoms with Crippen molar-refractivity contribution in [2.24, 2.45) is 0 Å². The summed E-state index contributed by atoms with van der Waals surface area (Å²) in [4.78, 5) is 13.7. The highest BCUT2D eigenvalue weighted by Crippen LogP contribution is 2.26. The highest BCUT2D eigenvalue weighted by Gasteiger charge is 2.32. The van der Waals surface area contributed by atoms with Gasteiger partial charge in [0.05, 0.1) is 30.7 Å². The number of piperazine rings is 1. The van der Waals surface area contributed by atoms with E-state index in [-0.39, 0.29) is 23.5 Å². The Morgan fingerprint density at radius 2 is 1.73 bits per heavy atom. The van der Waals surface area contributed by atoms with Crippen molar-refractivity contribution >= 4 is 16.0 Å². The number of carbonyl (C=O) groups is 1. The van der Waals surface area contributed by atoms with Crippen LogP contribution >= 0.6 is 0 Å². The molecule has 2 aromatic carbocycles. The number of carbonyl (C=O) groups excluding carboxylic acids is 1. The molecule has 0 aromatic heterocycles. The van der Waals surface area contributed by atoms with Gasteiger partial charge < -0.3 is 9.47 Å². The van der Waals surface area contributed by atoms with Crippen molar-refractivity contribution in [1.29, 1.82) is 5.26 Å². The Hall–Kier alpha value is -2.93. The molecule has 0 N–H and O–H groups in total. The molecule has 1 atom stereocenters. The Bertz CT molecular complexity index is 1040. The highest BCUT2D eigenvalue weighted by molar-refractivity contribution is 7.89. The molecular formula is C21H23N3O5S. The summed E-state index contributed by atoms with van der Waals surface area (Å²) in [5.74, 6) is 0.119. The zero-order valence-corrected chi connectivity index (χ0v) is 17.6. The van der Waals surface area contributed by atoms with Gasteiger partial charge in [0.25, 0.3) is 0 Å². The first-order chi connectivity index (χ1) is 14.4. The summed E-state index contributed by atoms with van der Waals surface area (Å²) in [5.41, 5.74) is 1.02. The van der Waals surface area contributed by atoms with Crippen LogP contribution in [0.1, 0.15) is 22.0 Å². The number of methoxy groups -OCH3 is 2. The van der Waals surface area contributed by atoms with E-state index >= 15 is 0 Å². The molecule has 2 aromatic rings. The van der Waals surface area contributed by atoms with E-state index in [2.05, 4.69) is 10.8 Å². The third-order valence-electron chi connectivity index (χ3n) is 5.09. The van der Waals surface area contributed by atoms with Crippen molar-refractivity contribution in [3.63, 3.8) is 0 Å². The second kappa shape index (κ2) is 9.26. The van der Waals surface area contributed by atoms with Crippen molar-refractivity contribution in [3.8, 4) is 11.8 Å². The van der Waals surface area contributed by atoms with E-state index in [0.717, 1.165) is 5.56 Å². The number of hydrogen-bond acceptors (Lipinski definition) is 7. The fourth-order valence-corrected chi connectivity index (χ4v) is 4.87. The molecule has 0 bridgehead atoms. The summed E-state index contributed by atoms with van der Waals surface area (Å²) in [6.45, 7) is 1.33. The fraction of sp³-hybridized carbons (Fsp3) is 0.333. The zero-order chi connectivity index (χ0) is 21.7. The number of ether oxygens (including phenoxy) is 2. The zero-order valence-electron chi connectivity index (χ0n) is 16.8. The number of sulfonamides is 1. The first kappa shape index (κ1) is 21.8. The van der Waals surface area contributed by atoms with Crippen molar-refractivity contribution in [3.05, 3.63) is 59.7 Å². The van der Waals surface area contributed by atoms with Gasteiger partial charge in [0.1, 0.15) is 11.8 Å². The van der Waals surface area contributed by atoms with E-state index in [1.807, 2.05) is 17.0 Å². The van der Waals surface area contributed by atoms with E-state index in [1.165, 1.54) is 35.7 Å². The molecule has 158 valence electrons. The van der Waals surface area contributed by atoms with Gasteiger partial charge in [0.15, 0.2) is 0 Å². The van der Waals surface area contributed by atoms with Gasteiger partial charge in [-0.15, -0.1) is 0 Å². The van der Waals surface area contributed by atoms with E-state index in [4.69, 9.17) is 4.74 Å². The van der Waals surface area contributed by atoms with Crippen LogP contribution < -0.4 is 4.74 Å². The molecule has 1 fully saturated rings. The second-order valence-corrected chi connectivity index (χ2v) is 8.70. The van der Waals surface area contributed by atoms with Crippen LogP contribution in [0.3, 0.4) is 0 Å². The number of benzene rings is 2. The third-order valence-corrected chi connectivity index (χ3v) is 6.98. The highest BCUT2D eigenvalue weighted by atomic mass is 32.2. The lowest BCUT2D eigenvalue weighted by Gasteiger charge is -2.36. The molecule has 3 rings (SSSR count). The van der Waals surface area contributed by atoms with Crippen LogP contribution in [0.4, 0.5) is 0 Å². The van der Waals surface area contributed by atoms with Gasteiger partial charge in [-0.3, -0.25) is 4.90 Å². The molecule has 1 heterocycles. The molecule has 9 heteroatoms. The molecule has 0 radical (unpaired) electrons. The standard InChI is InChI=1S/C21H23N3O5S/c1-28-18-8-6-16(7-9-18)20(15-22)23-10-12-24(13-11-23)30(26,27)19-5-3-4-17(14-19)21(25)29-2/h3-9,14,20H,10-13H2,1-2H3. The van der Waals surface area contributed by atoms with Crippen LogP contribution in [0.5, 0.6) is 5.75 Å². The molecule has 1 unspecified atom stereocenters. The van der Waals surface area contributed by atoms with Gasteiger partial charge in [0, 0.05) is 26.2 Å². The molecule has 8 nitrogen and oxygen atoms in total. The maximum absolute atomic E-state index is 13.0. The lowest BCUT2D eigenvalue weighted by atomic mass is 10.1. The molecule has 1 aliphatic heterocycles. The monoisotopic (exact) mass is 429 g/mol. The summed E-state index contributed by atoms with van der Waals surface area (Å²) in [7, 11) is -0.928. The molecule has 0 spiro atoms. The average Bonchev–Trinajstić information content (AvgIpc) is 2.80. The van der Waals surface area contributed by atoms with Crippen molar-refractivity contribution < 1.29 is 22.7 Å². The quantitative estimate of drug-likeness (QED) is 0.648. The van der Waals surface area contributed by atoms with Crippen LogP contribution in [0.25, 0.3) is 0 Å². The lowest BCUT2D eigenvalue weighted by molar-refractivity contribution is 0.0600. The van der Waals surface area contributed by atoms with Crippen LogP contribution in [0, 0.1) is 11.3 Å². The van der Waals surface area contributed by atoms with Crippen LogP contribution in [0.2, 0.25) is 0 Å². The van der Waals surface area contributed by atoms with Crippen LogP contribution in [0.15, 0.2) is 53.4 Å². The molecule has 0 saturated carbocycles. The van der Waals surface area contributed by atoms with Gasteiger partial charge in [0.2, 0.25) is 10.0 Å². The van der Waals surface area contributed by atoms with Gasteiger partial charge in [-0.1, -0.05) is 18.2 Å². The van der Waals surface area contributed by atoms with Gasteiger partial charge >= 0.3 is 5.97 Å². The van der Waals surface area contributed by atoms with E-state index < -0.39 is 22.0 Å². The first-order valence-corrected chi connectivity index (χ1v) is 10.8. The number of hydrogen-bond donors (Lipinski definition) is 0. The number of esters is 1. The van der Waals surface area contributed by atoms with Crippen molar-refractivity contribution in [1.82, 2.24) is 9.21 Å². The lowest BCUT2D eigenvalue weighted by Crippen LogP contribution is -2.49. The Morgan fingerprint density at radius 1 is 1.07 bits per heavy atom. The maximum Gasteiger partial charge on any atom is 0.337 e. The third kappa shape index (κ3) is 4.46. The molecule has 1 saturated heterocycles. The molecule has 0 amide bonds. The fourth-order valence-electron chi connectivity index (χ4n) is 3.41. The number of nitrogens with zero attached hydrogens (tertiary/aromatic N) is 3. The maximum atomic E-state index is 13.0. The Kier molecular flexibility index (Phi) is 6.72. The SMILES string of the molecule is COC(=O)c1cccc(S(=O)(=O)N2CCN(C(C#N)c3ccc(OC)cc3)CC2)c1. The topological polar surface area (TPSA) is 99.9 Å². The molecular weight excluding hydrogens is 406 g/mol. The average molecular weight is 429 g/mol. The normalized spacial score (nSPS) is 16.4. The molecule has 1 aliphatic rings. The van der Waals surface area contributed by atoms with Crippen molar-refractivity contribution in [2.45, 2.75) is 10.9 Å². The number of nitriles is 1. The van der Waals surface area contributed by atoms with Crippen LogP contribution in [-0.2, 0) is 14.8 Å². The predicted molar refractivity (Wildman–Crippen MR) is 109 cm³/mol. The predicted octanol–water partition coefficient (Wildman–Crippen LogP) is 2.05. The Balaban J connectivity index is 1.72. The molecule has 0 aliphatic carbocycles. The second-order valence-electron chi connectivity index (χ2n) is 6.76. The first-order valence-electron chi connectivity index (χ1n) is 9.37. The van der Waals surface area contributed by atoms with E-state index in [0.29, 0.717) is 18.8 Å². The molecule has 30 heavy (non-hydrogen) atoms. The van der Waals surface area contributed by atoms with E-state index in [9.17, 15) is 18.5 Å². The van der Waals surface area contributed by atoms with E-state index in [1.54, 1.807) is 19.2 Å². The minimum atomic E-state index is -3.76. The summed E-state index contributed by atoms with van der Waals surface area (Å²) in [6, 6.07) is 14.9. The largest absolute Gasteiger partial charge is 0.497 e. The smallest absolute Gasteiger partial charge is 0.337 e. The van der Waals surface area contributed by atoms with Gasteiger partial charge in [-0.05, 0) is 35.9 Å². The van der Waals surface area contributed by atoms with Crippen molar-refractivity contribution in [2.75, 3.05) is 40.4 Å². The number of rotatable bonds is 6. The Labute approximate surface area is 176 Å². The summed E-state index contributed by atoms with van der Waals surface area (Å²) in [6.07, 6.45) is 0. The summed E-state index contributed by atoms with van der Waals surface area (Å²) < 4.78 is 37.2. The Morgan fingerprint density at radius 3 is 2.30 bits per heavy atom. The summed E-state index contributed by atoms with van der Waals surface area (Å²) >= 11 is 0.